The number of benzene rings is 1. The molecule has 132 valence electrons. The molecule has 1 fully saturated rings. The van der Waals surface area contributed by atoms with Gasteiger partial charge in [-0.25, -0.2) is 0 Å². The summed E-state index contributed by atoms with van der Waals surface area (Å²) in [6, 6.07) is 7.02. The van der Waals surface area contributed by atoms with E-state index in [4.69, 9.17) is 9.84 Å². The summed E-state index contributed by atoms with van der Waals surface area (Å²) in [7, 11) is 0. The van der Waals surface area contributed by atoms with Crippen molar-refractivity contribution in [2.24, 2.45) is 5.92 Å². The Balaban J connectivity index is 1.79. The van der Waals surface area contributed by atoms with E-state index < -0.39 is 5.97 Å². The number of likely N-dealkylation sites (tertiary alicyclic amines) is 1. The quantitative estimate of drug-likeness (QED) is 0.823. The third kappa shape index (κ3) is 3.78. The molecule has 0 aliphatic carbocycles. The monoisotopic (exact) mass is 344 g/mol. The maximum atomic E-state index is 12.8. The number of nitrogens with zero attached hydrogens (tertiary/aromatic N) is 3. The zero-order valence-corrected chi connectivity index (χ0v) is 13.9. The molecule has 2 N–H and O–H groups in total. The van der Waals surface area contributed by atoms with Crippen LogP contribution in [0, 0.1) is 5.92 Å². The average Bonchev–Trinajstić information content (AvgIpc) is 3.23. The number of ether oxygens (including phenoxy) is 1. The summed E-state index contributed by atoms with van der Waals surface area (Å²) in [6.07, 6.45) is 1.57. The van der Waals surface area contributed by atoms with E-state index in [2.05, 4.69) is 15.4 Å². The smallest absolute Gasteiger partial charge is 0.303 e. The summed E-state index contributed by atoms with van der Waals surface area (Å²) in [5.41, 5.74) is 1.21. The third-order valence-electron chi connectivity index (χ3n) is 4.37. The second-order valence-electron chi connectivity index (χ2n) is 6.03. The number of rotatable bonds is 6. The van der Waals surface area contributed by atoms with E-state index in [1.807, 2.05) is 6.92 Å². The van der Waals surface area contributed by atoms with Gasteiger partial charge in [-0.3, -0.25) is 9.59 Å². The second kappa shape index (κ2) is 7.33. The Morgan fingerprint density at radius 2 is 2.24 bits per heavy atom. The standard InChI is InChI=1S/C17H20N4O4/c1-2-25-13-5-3-4-11(6-13)17(24)21-9-12(7-16(22)23)14(10-21)15-8-18-20-19-15/h3-6,8,12,14H,2,7,9-10H2,1H3,(H,22,23)(H,18,19,20)/t12-,14+/m0/s1. The fourth-order valence-electron chi connectivity index (χ4n) is 3.26. The molecule has 8 heteroatoms. The highest BCUT2D eigenvalue weighted by atomic mass is 16.5. The van der Waals surface area contributed by atoms with Gasteiger partial charge in [-0.15, -0.1) is 0 Å². The molecule has 0 saturated carbocycles. The fraction of sp³-hybridized carbons (Fsp3) is 0.412. The number of H-pyrrole nitrogens is 1. The zero-order valence-electron chi connectivity index (χ0n) is 13.9. The van der Waals surface area contributed by atoms with Gasteiger partial charge in [-0.05, 0) is 31.0 Å². The van der Waals surface area contributed by atoms with Gasteiger partial charge >= 0.3 is 5.97 Å². The SMILES string of the molecule is CCOc1cccc(C(=O)N2C[C@H](CC(=O)O)[C@H](c3cn[nH]n3)C2)c1. The zero-order chi connectivity index (χ0) is 17.8. The van der Waals surface area contributed by atoms with Crippen LogP contribution in [0.5, 0.6) is 5.75 Å². The van der Waals surface area contributed by atoms with Crippen LogP contribution >= 0.6 is 0 Å². The molecule has 25 heavy (non-hydrogen) atoms. The van der Waals surface area contributed by atoms with Crippen LogP contribution in [0.3, 0.4) is 0 Å². The van der Waals surface area contributed by atoms with Crippen LogP contribution in [-0.4, -0.2) is 57.0 Å². The van der Waals surface area contributed by atoms with Gasteiger partial charge < -0.3 is 14.7 Å². The summed E-state index contributed by atoms with van der Waals surface area (Å²) in [5.74, 6) is -0.716. The van der Waals surface area contributed by atoms with Crippen LogP contribution in [0.25, 0.3) is 0 Å². The first-order valence-corrected chi connectivity index (χ1v) is 8.18. The fourth-order valence-corrected chi connectivity index (χ4v) is 3.26. The molecule has 0 radical (unpaired) electrons. The van der Waals surface area contributed by atoms with Gasteiger partial charge in [0.05, 0.1) is 24.9 Å². The molecule has 0 spiro atoms. The molecule has 2 aromatic rings. The maximum absolute atomic E-state index is 12.8. The number of aromatic nitrogens is 3. The first-order valence-electron chi connectivity index (χ1n) is 8.18. The van der Waals surface area contributed by atoms with Crippen LogP contribution in [0.2, 0.25) is 0 Å². The first kappa shape index (κ1) is 16.9. The van der Waals surface area contributed by atoms with Gasteiger partial charge in [0.2, 0.25) is 0 Å². The molecule has 2 atom stereocenters. The molecule has 2 heterocycles. The minimum Gasteiger partial charge on any atom is -0.494 e. The van der Waals surface area contributed by atoms with Crippen molar-refractivity contribution in [3.63, 3.8) is 0 Å². The van der Waals surface area contributed by atoms with E-state index in [-0.39, 0.29) is 24.2 Å². The van der Waals surface area contributed by atoms with Gasteiger partial charge in [-0.2, -0.15) is 15.4 Å². The number of carbonyl (C=O) groups excluding carboxylic acids is 1. The van der Waals surface area contributed by atoms with Crippen molar-refractivity contribution in [1.82, 2.24) is 20.3 Å². The van der Waals surface area contributed by atoms with Crippen LogP contribution in [0.15, 0.2) is 30.5 Å². The molecule has 1 aromatic carbocycles. The highest BCUT2D eigenvalue weighted by molar-refractivity contribution is 5.95. The molecule has 1 aromatic heterocycles. The van der Waals surface area contributed by atoms with Crippen molar-refractivity contribution in [2.75, 3.05) is 19.7 Å². The lowest BCUT2D eigenvalue weighted by Gasteiger charge is -2.16. The van der Waals surface area contributed by atoms with Crippen LogP contribution in [-0.2, 0) is 4.79 Å². The minimum atomic E-state index is -0.883. The number of amides is 1. The summed E-state index contributed by atoms with van der Waals surface area (Å²) >= 11 is 0. The van der Waals surface area contributed by atoms with E-state index in [0.29, 0.717) is 36.7 Å². The molecular weight excluding hydrogens is 324 g/mol. The molecule has 0 bridgehead atoms. The highest BCUT2D eigenvalue weighted by Gasteiger charge is 2.38. The van der Waals surface area contributed by atoms with Gasteiger partial charge in [0.15, 0.2) is 0 Å². The predicted octanol–water partition coefficient (Wildman–Crippen LogP) is 1.53. The average molecular weight is 344 g/mol. The normalized spacial score (nSPS) is 19.8. The van der Waals surface area contributed by atoms with E-state index in [0.717, 1.165) is 0 Å². The van der Waals surface area contributed by atoms with E-state index in [9.17, 15) is 9.59 Å². The molecule has 3 rings (SSSR count). The summed E-state index contributed by atoms with van der Waals surface area (Å²) in [4.78, 5) is 25.7. The van der Waals surface area contributed by atoms with E-state index >= 15 is 0 Å². The lowest BCUT2D eigenvalue weighted by Crippen LogP contribution is -2.29. The van der Waals surface area contributed by atoms with Gasteiger partial charge in [0.1, 0.15) is 5.75 Å². The number of hydrogen-bond acceptors (Lipinski definition) is 5. The van der Waals surface area contributed by atoms with Crippen molar-refractivity contribution in [3.8, 4) is 5.75 Å². The Hall–Kier alpha value is -2.90. The Bertz CT molecular complexity index is 747. The molecule has 0 unspecified atom stereocenters. The van der Waals surface area contributed by atoms with Gasteiger partial charge in [0, 0.05) is 24.6 Å². The summed E-state index contributed by atoms with van der Waals surface area (Å²) < 4.78 is 5.44. The van der Waals surface area contributed by atoms with Crippen LogP contribution in [0.1, 0.15) is 35.3 Å². The summed E-state index contributed by atoms with van der Waals surface area (Å²) in [6.45, 7) is 3.20. The third-order valence-corrected chi connectivity index (χ3v) is 4.37. The number of hydrogen-bond donors (Lipinski definition) is 2. The van der Waals surface area contributed by atoms with Crippen LogP contribution in [0.4, 0.5) is 0 Å². The van der Waals surface area contributed by atoms with E-state index in [1.54, 1.807) is 35.4 Å². The second-order valence-corrected chi connectivity index (χ2v) is 6.03. The lowest BCUT2D eigenvalue weighted by atomic mass is 9.91. The maximum Gasteiger partial charge on any atom is 0.303 e. The number of carboxylic acid groups (broad SMARTS) is 1. The molecule has 1 aliphatic rings. The Kier molecular flexibility index (Phi) is 4.97. The molecule has 1 amide bonds. The van der Waals surface area contributed by atoms with Crippen LogP contribution < -0.4 is 4.74 Å². The first-order chi connectivity index (χ1) is 12.1. The van der Waals surface area contributed by atoms with Gasteiger partial charge in [0.25, 0.3) is 5.91 Å². The van der Waals surface area contributed by atoms with E-state index in [1.165, 1.54) is 0 Å². The number of carboxylic acids is 1. The van der Waals surface area contributed by atoms with Gasteiger partial charge in [-0.1, -0.05) is 6.07 Å². The number of nitrogens with one attached hydrogen (secondary N) is 1. The lowest BCUT2D eigenvalue weighted by molar-refractivity contribution is -0.138. The van der Waals surface area contributed by atoms with Crippen molar-refractivity contribution in [1.29, 1.82) is 0 Å². The number of aromatic amines is 1. The molecule has 1 aliphatic heterocycles. The largest absolute Gasteiger partial charge is 0.494 e. The topological polar surface area (TPSA) is 108 Å². The minimum absolute atomic E-state index is 0.0136. The highest BCUT2D eigenvalue weighted by Crippen LogP contribution is 2.34. The van der Waals surface area contributed by atoms with Crippen molar-refractivity contribution >= 4 is 11.9 Å². The number of carbonyl (C=O) groups is 2. The van der Waals surface area contributed by atoms with Crippen molar-refractivity contribution in [3.05, 3.63) is 41.7 Å². The Morgan fingerprint density at radius 3 is 2.92 bits per heavy atom. The van der Waals surface area contributed by atoms with Crippen molar-refractivity contribution in [2.45, 2.75) is 19.3 Å². The Morgan fingerprint density at radius 1 is 1.40 bits per heavy atom. The molecular formula is C17H20N4O4. The predicted molar refractivity (Wildman–Crippen MR) is 88.4 cm³/mol. The van der Waals surface area contributed by atoms with Crippen molar-refractivity contribution < 1.29 is 19.4 Å². The molecule has 1 saturated heterocycles. The summed E-state index contributed by atoms with van der Waals surface area (Å²) in [5, 5.41) is 19.6. The number of aliphatic carboxylic acids is 1. The molecule has 8 nitrogen and oxygen atoms in total. The Labute approximate surface area is 144 Å².